The minimum atomic E-state index is -0.0580. The summed E-state index contributed by atoms with van der Waals surface area (Å²) in [4.78, 5) is 29.9. The van der Waals surface area contributed by atoms with Crippen molar-refractivity contribution in [1.82, 2.24) is 9.80 Å². The summed E-state index contributed by atoms with van der Waals surface area (Å²) in [6, 6.07) is 7.87. The highest BCUT2D eigenvalue weighted by Crippen LogP contribution is 2.16. The topological polar surface area (TPSA) is 43.9 Å². The van der Waals surface area contributed by atoms with Gasteiger partial charge in [-0.05, 0) is 58.6 Å². The number of hydrogen-bond acceptors (Lipinski definition) is 3. The number of carbonyl (C=O) groups is 2. The smallest absolute Gasteiger partial charge is 0.246 e. The highest BCUT2D eigenvalue weighted by Gasteiger charge is 2.19. The van der Waals surface area contributed by atoms with Gasteiger partial charge in [0.15, 0.2) is 0 Å². The van der Waals surface area contributed by atoms with E-state index < -0.39 is 0 Å². The maximum Gasteiger partial charge on any atom is 0.246 e. The van der Waals surface area contributed by atoms with Gasteiger partial charge in [0.2, 0.25) is 11.8 Å². The van der Waals surface area contributed by atoms with E-state index in [1.807, 2.05) is 52.2 Å². The highest BCUT2D eigenvalue weighted by atomic mass is 16.2. The molecule has 128 valence electrons. The number of anilines is 1. The van der Waals surface area contributed by atoms with Crippen molar-refractivity contribution in [3.05, 3.63) is 29.8 Å². The summed E-state index contributed by atoms with van der Waals surface area (Å²) in [6.45, 7) is 7.69. The predicted molar refractivity (Wildman–Crippen MR) is 94.6 cm³/mol. The Morgan fingerprint density at radius 1 is 1.13 bits per heavy atom. The number of rotatable bonds is 8. The van der Waals surface area contributed by atoms with Gasteiger partial charge in [-0.15, -0.1) is 0 Å². The van der Waals surface area contributed by atoms with E-state index in [-0.39, 0.29) is 18.4 Å². The molecule has 1 rings (SSSR count). The number of hydrogen-bond donors (Lipinski definition) is 0. The molecule has 0 bridgehead atoms. The van der Waals surface area contributed by atoms with Gasteiger partial charge in [-0.2, -0.15) is 0 Å². The van der Waals surface area contributed by atoms with E-state index >= 15 is 0 Å². The number of likely N-dealkylation sites (N-methyl/N-ethyl adjacent to an activating group) is 1. The van der Waals surface area contributed by atoms with Gasteiger partial charge in [-0.25, -0.2) is 0 Å². The molecular weight excluding hydrogens is 290 g/mol. The van der Waals surface area contributed by atoms with Gasteiger partial charge >= 0.3 is 0 Å². The fraction of sp³-hybridized carbons (Fsp3) is 0.556. The average molecular weight is 319 g/mol. The van der Waals surface area contributed by atoms with Crippen molar-refractivity contribution in [2.45, 2.75) is 27.2 Å². The number of carbonyl (C=O) groups excluding carboxylic acids is 2. The fourth-order valence-corrected chi connectivity index (χ4v) is 2.47. The molecule has 0 aliphatic rings. The highest BCUT2D eigenvalue weighted by molar-refractivity contribution is 5.96. The molecule has 5 heteroatoms. The molecule has 1 aromatic carbocycles. The molecule has 0 atom stereocenters. The number of nitrogens with zero attached hydrogens (tertiary/aromatic N) is 3. The van der Waals surface area contributed by atoms with E-state index in [1.54, 1.807) is 9.80 Å². The molecule has 1 aromatic rings. The van der Waals surface area contributed by atoms with Crippen molar-refractivity contribution in [3.8, 4) is 0 Å². The van der Waals surface area contributed by atoms with Gasteiger partial charge in [0.1, 0.15) is 6.54 Å². The van der Waals surface area contributed by atoms with Crippen molar-refractivity contribution in [2.24, 2.45) is 0 Å². The molecule has 0 radical (unpaired) electrons. The Kier molecular flexibility index (Phi) is 7.75. The zero-order valence-corrected chi connectivity index (χ0v) is 15.0. The van der Waals surface area contributed by atoms with E-state index in [2.05, 4.69) is 4.90 Å². The van der Waals surface area contributed by atoms with Crippen LogP contribution in [0.1, 0.15) is 25.8 Å². The summed E-state index contributed by atoms with van der Waals surface area (Å²) in [7, 11) is 4.00. The van der Waals surface area contributed by atoms with E-state index in [0.717, 1.165) is 24.2 Å². The molecule has 2 amide bonds. The molecule has 0 spiro atoms. The lowest BCUT2D eigenvalue weighted by atomic mass is 10.2. The molecule has 0 aliphatic carbocycles. The van der Waals surface area contributed by atoms with Crippen LogP contribution in [0.5, 0.6) is 0 Å². The first-order valence-electron chi connectivity index (χ1n) is 8.12. The average Bonchev–Trinajstić information content (AvgIpc) is 2.46. The maximum atomic E-state index is 12.6. The maximum absolute atomic E-state index is 12.6. The normalized spacial score (nSPS) is 10.7. The van der Waals surface area contributed by atoms with Crippen LogP contribution >= 0.6 is 0 Å². The number of benzene rings is 1. The lowest BCUT2D eigenvalue weighted by molar-refractivity contribution is -0.133. The SMILES string of the molecule is CCN(C(=O)CN(CCCN(C)C)C(C)=O)c1cccc(C)c1. The first-order chi connectivity index (χ1) is 10.8. The molecule has 0 unspecified atom stereocenters. The summed E-state index contributed by atoms with van der Waals surface area (Å²) in [5, 5.41) is 0. The van der Waals surface area contributed by atoms with E-state index in [0.29, 0.717) is 13.1 Å². The molecule has 0 fully saturated rings. The van der Waals surface area contributed by atoms with E-state index in [4.69, 9.17) is 0 Å². The van der Waals surface area contributed by atoms with Crippen molar-refractivity contribution < 1.29 is 9.59 Å². The van der Waals surface area contributed by atoms with Crippen LogP contribution in [0, 0.1) is 6.92 Å². The molecule has 0 saturated heterocycles. The van der Waals surface area contributed by atoms with Crippen molar-refractivity contribution in [1.29, 1.82) is 0 Å². The molecule has 23 heavy (non-hydrogen) atoms. The van der Waals surface area contributed by atoms with Crippen molar-refractivity contribution >= 4 is 17.5 Å². The Labute approximate surface area is 139 Å². The summed E-state index contributed by atoms with van der Waals surface area (Å²) in [5.74, 6) is -0.101. The second-order valence-corrected chi connectivity index (χ2v) is 6.07. The zero-order valence-electron chi connectivity index (χ0n) is 15.0. The van der Waals surface area contributed by atoms with Gasteiger partial charge in [0, 0.05) is 25.7 Å². The lowest BCUT2D eigenvalue weighted by Gasteiger charge is -2.27. The van der Waals surface area contributed by atoms with Crippen LogP contribution in [0.25, 0.3) is 0 Å². The first-order valence-corrected chi connectivity index (χ1v) is 8.12. The van der Waals surface area contributed by atoms with Crippen LogP contribution in [-0.4, -0.2) is 61.9 Å². The van der Waals surface area contributed by atoms with Crippen LogP contribution in [0.2, 0.25) is 0 Å². The van der Waals surface area contributed by atoms with Crippen LogP contribution in [0.15, 0.2) is 24.3 Å². The van der Waals surface area contributed by atoms with Gasteiger partial charge in [-0.3, -0.25) is 9.59 Å². The van der Waals surface area contributed by atoms with Crippen LogP contribution in [0.4, 0.5) is 5.69 Å². The molecular formula is C18H29N3O2. The van der Waals surface area contributed by atoms with Gasteiger partial charge in [-0.1, -0.05) is 12.1 Å². The zero-order chi connectivity index (χ0) is 17.4. The number of aryl methyl sites for hydroxylation is 1. The van der Waals surface area contributed by atoms with Crippen LogP contribution in [-0.2, 0) is 9.59 Å². The molecule has 0 N–H and O–H groups in total. The third-order valence-corrected chi connectivity index (χ3v) is 3.74. The monoisotopic (exact) mass is 319 g/mol. The van der Waals surface area contributed by atoms with Gasteiger partial charge < -0.3 is 14.7 Å². The van der Waals surface area contributed by atoms with Gasteiger partial charge in [0.25, 0.3) is 0 Å². The Morgan fingerprint density at radius 2 is 1.83 bits per heavy atom. The summed E-state index contributed by atoms with van der Waals surface area (Å²) >= 11 is 0. The standard InChI is InChI=1S/C18H29N3O2/c1-6-21(17-10-7-9-15(2)13-17)18(23)14-20(16(3)22)12-8-11-19(4)5/h7,9-10,13H,6,8,11-12,14H2,1-5H3. The van der Waals surface area contributed by atoms with E-state index in [1.165, 1.54) is 6.92 Å². The summed E-state index contributed by atoms with van der Waals surface area (Å²) < 4.78 is 0. The van der Waals surface area contributed by atoms with Crippen molar-refractivity contribution in [2.75, 3.05) is 45.2 Å². The third kappa shape index (κ3) is 6.40. The largest absolute Gasteiger partial charge is 0.334 e. The Hall–Kier alpha value is -1.88. The fourth-order valence-electron chi connectivity index (χ4n) is 2.47. The van der Waals surface area contributed by atoms with Crippen molar-refractivity contribution in [3.63, 3.8) is 0 Å². The second kappa shape index (κ2) is 9.30. The number of amides is 2. The third-order valence-electron chi connectivity index (χ3n) is 3.74. The van der Waals surface area contributed by atoms with Crippen LogP contribution < -0.4 is 4.90 Å². The first kappa shape index (κ1) is 19.2. The van der Waals surface area contributed by atoms with E-state index in [9.17, 15) is 9.59 Å². The minimum Gasteiger partial charge on any atom is -0.334 e. The molecule has 0 saturated carbocycles. The Balaban J connectivity index is 2.73. The summed E-state index contributed by atoms with van der Waals surface area (Å²) in [5.41, 5.74) is 2.00. The summed E-state index contributed by atoms with van der Waals surface area (Å²) in [6.07, 6.45) is 0.858. The van der Waals surface area contributed by atoms with Gasteiger partial charge in [0.05, 0.1) is 0 Å². The molecule has 5 nitrogen and oxygen atoms in total. The molecule has 0 heterocycles. The van der Waals surface area contributed by atoms with Crippen LogP contribution in [0.3, 0.4) is 0 Å². The molecule has 0 aliphatic heterocycles. The Bertz CT molecular complexity index is 529. The second-order valence-electron chi connectivity index (χ2n) is 6.07. The quantitative estimate of drug-likeness (QED) is 0.737. The predicted octanol–water partition coefficient (Wildman–Crippen LogP) is 2.15. The Morgan fingerprint density at radius 3 is 2.35 bits per heavy atom. The minimum absolute atomic E-state index is 0.0434. The lowest BCUT2D eigenvalue weighted by Crippen LogP contribution is -2.43. The molecule has 0 aromatic heterocycles.